The Morgan fingerprint density at radius 3 is 2.67 bits per heavy atom. The van der Waals surface area contributed by atoms with E-state index in [2.05, 4.69) is 42.5 Å². The van der Waals surface area contributed by atoms with Gasteiger partial charge in [0.15, 0.2) is 0 Å². The van der Waals surface area contributed by atoms with Crippen molar-refractivity contribution in [1.29, 1.82) is 5.26 Å². The molecule has 1 heterocycles. The maximum absolute atomic E-state index is 9.32. The van der Waals surface area contributed by atoms with Gasteiger partial charge in [-0.1, -0.05) is 18.7 Å². The highest BCUT2D eigenvalue weighted by molar-refractivity contribution is 8.01. The first-order valence-electron chi connectivity index (χ1n) is 6.12. The number of nitrogens with zero attached hydrogens (tertiary/aromatic N) is 2. The van der Waals surface area contributed by atoms with Gasteiger partial charge in [0.25, 0.3) is 0 Å². The fourth-order valence-electron chi connectivity index (χ4n) is 1.95. The minimum Gasteiger partial charge on any atom is -0.297 e. The van der Waals surface area contributed by atoms with Gasteiger partial charge in [-0.25, -0.2) is 4.98 Å². The van der Waals surface area contributed by atoms with Crippen molar-refractivity contribution in [2.75, 3.05) is 0 Å². The first kappa shape index (κ1) is 15.5. The van der Waals surface area contributed by atoms with Crippen LogP contribution in [0.3, 0.4) is 0 Å². The molecule has 2 atom stereocenters. The summed E-state index contributed by atoms with van der Waals surface area (Å²) in [4.78, 5) is 4.45. The van der Waals surface area contributed by atoms with Crippen molar-refractivity contribution in [1.82, 2.24) is 10.3 Å². The van der Waals surface area contributed by atoms with Crippen LogP contribution in [-0.4, -0.2) is 21.8 Å². The zero-order valence-electron chi connectivity index (χ0n) is 11.7. The van der Waals surface area contributed by atoms with Gasteiger partial charge in [0.1, 0.15) is 9.88 Å². The summed E-state index contributed by atoms with van der Waals surface area (Å²) >= 11 is 3.42. The normalized spacial score (nSPS) is 16.3. The number of thiazole rings is 1. The van der Waals surface area contributed by atoms with Crippen LogP contribution < -0.4 is 5.32 Å². The van der Waals surface area contributed by atoms with Crippen molar-refractivity contribution in [3.8, 4) is 6.07 Å². The quantitative estimate of drug-likeness (QED) is 0.810. The number of hydrogen-bond acceptors (Lipinski definition) is 5. The topological polar surface area (TPSA) is 48.7 Å². The van der Waals surface area contributed by atoms with Gasteiger partial charge < -0.3 is 0 Å². The third kappa shape index (κ3) is 4.97. The molecule has 0 aliphatic carbocycles. The minimum atomic E-state index is -0.465. The van der Waals surface area contributed by atoms with E-state index < -0.39 is 5.54 Å². The fourth-order valence-corrected chi connectivity index (χ4v) is 4.29. The smallest absolute Gasteiger partial charge is 0.150 e. The standard InChI is InChI=1S/C13H21N3S2/c1-9(2)16-13(5,8-14)6-11(4)18-12-15-10(3)7-17-12/h7,9,11,16H,6H2,1-5H3. The molecule has 3 nitrogen and oxygen atoms in total. The molecule has 1 N–H and O–H groups in total. The maximum Gasteiger partial charge on any atom is 0.150 e. The maximum atomic E-state index is 9.32. The molecule has 0 bridgehead atoms. The first-order chi connectivity index (χ1) is 8.34. The van der Waals surface area contributed by atoms with E-state index in [1.54, 1.807) is 23.1 Å². The lowest BCUT2D eigenvalue weighted by Gasteiger charge is -2.28. The highest BCUT2D eigenvalue weighted by Crippen LogP contribution is 2.30. The number of aromatic nitrogens is 1. The van der Waals surface area contributed by atoms with E-state index in [1.807, 2.05) is 13.8 Å². The van der Waals surface area contributed by atoms with E-state index >= 15 is 0 Å². The summed E-state index contributed by atoms with van der Waals surface area (Å²) in [6, 6.07) is 2.70. The van der Waals surface area contributed by atoms with E-state index in [0.29, 0.717) is 11.3 Å². The van der Waals surface area contributed by atoms with Crippen molar-refractivity contribution < 1.29 is 0 Å². The third-order valence-corrected chi connectivity index (χ3v) is 4.64. The average molecular weight is 283 g/mol. The van der Waals surface area contributed by atoms with Crippen LogP contribution in [0, 0.1) is 18.3 Å². The monoisotopic (exact) mass is 283 g/mol. The average Bonchev–Trinajstić information content (AvgIpc) is 2.62. The molecule has 0 saturated carbocycles. The number of nitriles is 1. The van der Waals surface area contributed by atoms with Crippen molar-refractivity contribution in [2.24, 2.45) is 0 Å². The second kappa shape index (κ2) is 6.55. The molecule has 0 fully saturated rings. The van der Waals surface area contributed by atoms with Gasteiger partial charge in [-0.15, -0.1) is 11.3 Å². The van der Waals surface area contributed by atoms with Gasteiger partial charge in [0, 0.05) is 22.4 Å². The Labute approximate surface area is 118 Å². The van der Waals surface area contributed by atoms with Crippen LogP contribution in [0.4, 0.5) is 0 Å². The first-order valence-corrected chi connectivity index (χ1v) is 7.88. The Kier molecular flexibility index (Phi) is 5.64. The largest absolute Gasteiger partial charge is 0.297 e. The molecule has 18 heavy (non-hydrogen) atoms. The van der Waals surface area contributed by atoms with E-state index in [0.717, 1.165) is 16.5 Å². The van der Waals surface area contributed by atoms with Crippen LogP contribution in [0.25, 0.3) is 0 Å². The zero-order chi connectivity index (χ0) is 13.8. The number of rotatable bonds is 6. The number of nitrogens with one attached hydrogen (secondary N) is 1. The lowest BCUT2D eigenvalue weighted by Crippen LogP contribution is -2.46. The summed E-state index contributed by atoms with van der Waals surface area (Å²) in [5.41, 5.74) is 0.602. The van der Waals surface area contributed by atoms with Crippen molar-refractivity contribution >= 4 is 23.1 Å². The van der Waals surface area contributed by atoms with Crippen LogP contribution in [0.15, 0.2) is 9.72 Å². The predicted octanol–water partition coefficient (Wildman–Crippen LogP) is 3.60. The summed E-state index contributed by atoms with van der Waals surface area (Å²) < 4.78 is 1.09. The van der Waals surface area contributed by atoms with Crippen LogP contribution in [0.1, 0.15) is 39.8 Å². The summed E-state index contributed by atoms with van der Waals surface area (Å²) in [5, 5.41) is 15.1. The Morgan fingerprint density at radius 2 is 2.22 bits per heavy atom. The lowest BCUT2D eigenvalue weighted by atomic mass is 9.97. The molecular formula is C13H21N3S2. The molecule has 1 rings (SSSR count). The summed E-state index contributed by atoms with van der Waals surface area (Å²) in [6.07, 6.45) is 0.810. The Balaban J connectivity index is 2.57. The Hall–Kier alpha value is -0.570. The zero-order valence-corrected chi connectivity index (χ0v) is 13.3. The molecule has 0 aliphatic rings. The second-order valence-electron chi connectivity index (χ2n) is 5.13. The van der Waals surface area contributed by atoms with Crippen molar-refractivity contribution in [3.05, 3.63) is 11.1 Å². The van der Waals surface area contributed by atoms with Gasteiger partial charge in [0.05, 0.1) is 6.07 Å². The van der Waals surface area contributed by atoms with E-state index in [4.69, 9.17) is 0 Å². The third-order valence-electron chi connectivity index (χ3n) is 2.45. The molecule has 2 unspecified atom stereocenters. The summed E-state index contributed by atoms with van der Waals surface area (Å²) in [7, 11) is 0. The molecule has 0 aliphatic heterocycles. The number of aryl methyl sites for hydroxylation is 1. The van der Waals surface area contributed by atoms with Crippen LogP contribution in [0.5, 0.6) is 0 Å². The van der Waals surface area contributed by atoms with Crippen LogP contribution in [-0.2, 0) is 0 Å². The van der Waals surface area contributed by atoms with E-state index in [1.165, 1.54) is 0 Å². The highest BCUT2D eigenvalue weighted by atomic mass is 32.2. The molecule has 0 radical (unpaired) electrons. The molecule has 0 amide bonds. The lowest BCUT2D eigenvalue weighted by molar-refractivity contribution is 0.382. The SMILES string of the molecule is Cc1csc(SC(C)CC(C)(C#N)NC(C)C)n1. The number of hydrogen-bond donors (Lipinski definition) is 1. The highest BCUT2D eigenvalue weighted by Gasteiger charge is 2.27. The van der Waals surface area contributed by atoms with Gasteiger partial charge in [0.2, 0.25) is 0 Å². The summed E-state index contributed by atoms with van der Waals surface area (Å²) in [5.74, 6) is 0. The Bertz CT molecular complexity index is 422. The summed E-state index contributed by atoms with van der Waals surface area (Å²) in [6.45, 7) is 10.3. The molecule has 1 aromatic rings. The molecule has 0 spiro atoms. The van der Waals surface area contributed by atoms with Crippen molar-refractivity contribution in [2.45, 2.75) is 62.2 Å². The molecule has 100 valence electrons. The second-order valence-corrected chi connectivity index (χ2v) is 7.67. The molecule has 0 saturated heterocycles. The predicted molar refractivity (Wildman–Crippen MR) is 79.1 cm³/mol. The van der Waals surface area contributed by atoms with Gasteiger partial charge in [-0.3, -0.25) is 5.32 Å². The fraction of sp³-hybridized carbons (Fsp3) is 0.692. The molecule has 0 aromatic carbocycles. The van der Waals surface area contributed by atoms with E-state index in [-0.39, 0.29) is 0 Å². The molecule has 1 aromatic heterocycles. The van der Waals surface area contributed by atoms with E-state index in [9.17, 15) is 5.26 Å². The van der Waals surface area contributed by atoms with Gasteiger partial charge >= 0.3 is 0 Å². The van der Waals surface area contributed by atoms with Crippen LogP contribution in [0.2, 0.25) is 0 Å². The Morgan fingerprint density at radius 1 is 1.56 bits per heavy atom. The molecular weight excluding hydrogens is 262 g/mol. The minimum absolute atomic E-state index is 0.314. The van der Waals surface area contributed by atoms with Crippen LogP contribution >= 0.6 is 23.1 Å². The van der Waals surface area contributed by atoms with Crippen molar-refractivity contribution in [3.63, 3.8) is 0 Å². The van der Waals surface area contributed by atoms with Gasteiger partial charge in [-0.2, -0.15) is 5.26 Å². The van der Waals surface area contributed by atoms with Gasteiger partial charge in [-0.05, 0) is 34.1 Å². The number of thioether (sulfide) groups is 1. The molecule has 5 heteroatoms.